The maximum absolute atomic E-state index is 11.2. The van der Waals surface area contributed by atoms with Crippen molar-refractivity contribution in [1.29, 1.82) is 0 Å². The minimum atomic E-state index is -0.904. The Hall–Kier alpha value is -2.85. The highest BCUT2D eigenvalue weighted by Gasteiger charge is 2.37. The van der Waals surface area contributed by atoms with Gasteiger partial charge in [0.15, 0.2) is 0 Å². The number of thioether (sulfide) groups is 1. The third-order valence-corrected chi connectivity index (χ3v) is 7.82. The second-order valence-corrected chi connectivity index (χ2v) is 11.7. The van der Waals surface area contributed by atoms with Crippen molar-refractivity contribution >= 4 is 34.9 Å². The summed E-state index contributed by atoms with van der Waals surface area (Å²) < 4.78 is 0. The molecule has 0 spiro atoms. The first-order chi connectivity index (χ1) is 16.5. The molecule has 0 aromatic heterocycles. The van der Waals surface area contributed by atoms with Gasteiger partial charge in [0, 0.05) is 12.0 Å². The van der Waals surface area contributed by atoms with Crippen molar-refractivity contribution in [1.82, 2.24) is 0 Å². The predicted molar refractivity (Wildman–Crippen MR) is 153 cm³/mol. The van der Waals surface area contributed by atoms with Gasteiger partial charge in [-0.3, -0.25) is 4.99 Å². The van der Waals surface area contributed by atoms with Crippen LogP contribution in [-0.4, -0.2) is 21.9 Å². The fourth-order valence-corrected chi connectivity index (χ4v) is 5.28. The Morgan fingerprint density at radius 2 is 1.69 bits per heavy atom. The number of benzene rings is 2. The maximum atomic E-state index is 11.2. The first-order valence-electron chi connectivity index (χ1n) is 12.2. The zero-order valence-electron chi connectivity index (χ0n) is 21.6. The molecule has 1 N–H and O–H groups in total. The van der Waals surface area contributed by atoms with E-state index in [1.54, 1.807) is 36.2 Å². The van der Waals surface area contributed by atoms with E-state index < -0.39 is 5.97 Å². The van der Waals surface area contributed by atoms with Gasteiger partial charge in [0.05, 0.1) is 10.6 Å². The van der Waals surface area contributed by atoms with Gasteiger partial charge < -0.3 is 5.11 Å². The number of nitrogens with zero attached hydrogens (tertiary/aromatic N) is 1. The van der Waals surface area contributed by atoms with Crippen LogP contribution in [0.1, 0.15) is 85.6 Å². The molecule has 3 rings (SSSR count). The molecule has 35 heavy (non-hydrogen) atoms. The summed E-state index contributed by atoms with van der Waals surface area (Å²) in [6.45, 7) is 15.2. The molecular formula is C31H37NO2S. The summed E-state index contributed by atoms with van der Waals surface area (Å²) in [6, 6.07) is 11.9. The van der Waals surface area contributed by atoms with Crippen LogP contribution in [0.3, 0.4) is 0 Å². The van der Waals surface area contributed by atoms with Crippen molar-refractivity contribution in [3.05, 3.63) is 94.7 Å². The maximum Gasteiger partial charge on any atom is 0.335 e. The van der Waals surface area contributed by atoms with Crippen molar-refractivity contribution < 1.29 is 9.90 Å². The van der Waals surface area contributed by atoms with E-state index in [4.69, 9.17) is 5.11 Å². The number of aryl methyl sites for hydroxylation is 1. The van der Waals surface area contributed by atoms with Gasteiger partial charge in [0.1, 0.15) is 0 Å². The van der Waals surface area contributed by atoms with E-state index in [1.165, 1.54) is 35.1 Å². The molecule has 0 aliphatic heterocycles. The summed E-state index contributed by atoms with van der Waals surface area (Å²) in [5, 5.41) is 10.2. The van der Waals surface area contributed by atoms with Crippen LogP contribution in [0.4, 0.5) is 0 Å². The van der Waals surface area contributed by atoms with Crippen LogP contribution in [-0.2, 0) is 17.3 Å². The molecule has 0 fully saturated rings. The molecule has 2 aromatic rings. The molecule has 0 atom stereocenters. The topological polar surface area (TPSA) is 49.7 Å². The second-order valence-electron chi connectivity index (χ2n) is 10.4. The van der Waals surface area contributed by atoms with E-state index in [2.05, 4.69) is 63.6 Å². The molecule has 4 heteroatoms. The minimum Gasteiger partial charge on any atom is -0.478 e. The fraction of sp³-hybridized carbons (Fsp3) is 0.355. The van der Waals surface area contributed by atoms with Crippen molar-refractivity contribution in [2.75, 3.05) is 5.75 Å². The van der Waals surface area contributed by atoms with E-state index >= 15 is 0 Å². The van der Waals surface area contributed by atoms with Gasteiger partial charge in [0.2, 0.25) is 0 Å². The van der Waals surface area contributed by atoms with Crippen molar-refractivity contribution in [3.63, 3.8) is 0 Å². The Bertz CT molecular complexity index is 1170. The van der Waals surface area contributed by atoms with Crippen LogP contribution in [0.2, 0.25) is 0 Å². The minimum absolute atomic E-state index is 0.143. The molecule has 1 aliphatic carbocycles. The van der Waals surface area contributed by atoms with Crippen molar-refractivity contribution in [2.24, 2.45) is 4.99 Å². The molecule has 0 saturated heterocycles. The lowest BCUT2D eigenvalue weighted by molar-refractivity contribution is 0.0697. The number of carboxylic acids is 1. The van der Waals surface area contributed by atoms with Gasteiger partial charge in [-0.25, -0.2) is 4.79 Å². The number of carbonyl (C=O) groups is 1. The zero-order chi connectivity index (χ0) is 25.6. The Morgan fingerprint density at radius 1 is 1.06 bits per heavy atom. The van der Waals surface area contributed by atoms with Crippen molar-refractivity contribution in [2.45, 2.75) is 64.7 Å². The number of hydrogen-bond acceptors (Lipinski definition) is 3. The number of allylic oxidation sites excluding steroid dienone is 2. The number of fused-ring (bicyclic) bond motifs is 1. The lowest BCUT2D eigenvalue weighted by atomic mass is 9.62. The van der Waals surface area contributed by atoms with Gasteiger partial charge in [-0.05, 0) is 83.0 Å². The normalized spacial score (nSPS) is 17.0. The molecular weight excluding hydrogens is 450 g/mol. The monoisotopic (exact) mass is 487 g/mol. The van der Waals surface area contributed by atoms with E-state index in [9.17, 15) is 4.79 Å². The average Bonchev–Trinajstić information content (AvgIpc) is 2.81. The SMILES string of the molecule is C=C/C=C\N=C(/C)SCCc1cc2c(cc1/C=C/c1ccc(C(=O)O)cc1)C(C)(C)CCC2(C)C. The molecule has 3 nitrogen and oxygen atoms in total. The van der Waals surface area contributed by atoms with E-state index in [0.717, 1.165) is 22.8 Å². The Kier molecular flexibility index (Phi) is 8.60. The first-order valence-corrected chi connectivity index (χ1v) is 13.2. The number of rotatable bonds is 8. The molecule has 0 bridgehead atoms. The molecule has 0 heterocycles. The molecule has 0 unspecified atom stereocenters. The fourth-order valence-electron chi connectivity index (χ4n) is 4.52. The number of aromatic carboxylic acids is 1. The Morgan fingerprint density at radius 3 is 2.29 bits per heavy atom. The third kappa shape index (κ3) is 6.85. The third-order valence-electron chi connectivity index (χ3n) is 6.89. The highest BCUT2D eigenvalue weighted by Crippen LogP contribution is 2.46. The van der Waals surface area contributed by atoms with E-state index in [0.29, 0.717) is 5.56 Å². The van der Waals surface area contributed by atoms with Crippen LogP contribution in [0.5, 0.6) is 0 Å². The predicted octanol–water partition coefficient (Wildman–Crippen LogP) is 8.30. The first kappa shape index (κ1) is 26.7. The molecule has 1 aliphatic rings. The summed E-state index contributed by atoms with van der Waals surface area (Å²) in [6.07, 6.45) is 12.9. The van der Waals surface area contributed by atoms with Gasteiger partial charge >= 0.3 is 5.97 Å². The number of carboxylic acid groups (broad SMARTS) is 1. The van der Waals surface area contributed by atoms with Gasteiger partial charge in [0.25, 0.3) is 0 Å². The molecule has 0 radical (unpaired) electrons. The largest absolute Gasteiger partial charge is 0.478 e. The summed E-state index contributed by atoms with van der Waals surface area (Å²) in [5.74, 6) is 0.0484. The Balaban J connectivity index is 1.95. The standard InChI is InChI=1S/C31H37NO2S/c1-7-8-18-32-22(2)35-19-15-26-21-28-27(30(3,4)16-17-31(28,5)6)20-25(26)14-11-23-9-12-24(13-10-23)29(33)34/h7-14,18,20-21H,1,15-17,19H2,2-6H3,(H,33,34)/b14-11+,18-8-,32-22+. The van der Waals surface area contributed by atoms with Crippen LogP contribution in [0.25, 0.3) is 12.2 Å². The summed E-state index contributed by atoms with van der Waals surface area (Å²) >= 11 is 1.77. The summed E-state index contributed by atoms with van der Waals surface area (Å²) in [4.78, 5) is 15.6. The second kappa shape index (κ2) is 11.3. The van der Waals surface area contributed by atoms with E-state index in [-0.39, 0.29) is 10.8 Å². The highest BCUT2D eigenvalue weighted by molar-refractivity contribution is 8.13. The number of aliphatic imine (C=N–C) groups is 1. The zero-order valence-corrected chi connectivity index (χ0v) is 22.4. The quantitative estimate of drug-likeness (QED) is 0.176. The molecule has 0 amide bonds. The smallest absolute Gasteiger partial charge is 0.335 e. The van der Waals surface area contributed by atoms with Crippen LogP contribution in [0, 0.1) is 0 Å². The lowest BCUT2D eigenvalue weighted by Gasteiger charge is -2.42. The summed E-state index contributed by atoms with van der Waals surface area (Å²) in [7, 11) is 0. The average molecular weight is 488 g/mol. The van der Waals surface area contributed by atoms with Gasteiger partial charge in [-0.15, -0.1) is 11.8 Å². The molecule has 0 saturated carbocycles. The Labute approximate surface area is 214 Å². The lowest BCUT2D eigenvalue weighted by Crippen LogP contribution is -2.34. The van der Waals surface area contributed by atoms with Crippen molar-refractivity contribution in [3.8, 4) is 0 Å². The van der Waals surface area contributed by atoms with Crippen LogP contribution >= 0.6 is 11.8 Å². The van der Waals surface area contributed by atoms with Crippen LogP contribution in [0.15, 0.2) is 66.3 Å². The van der Waals surface area contributed by atoms with Gasteiger partial charge in [-0.1, -0.05) is 76.8 Å². The number of hydrogen-bond donors (Lipinski definition) is 1. The van der Waals surface area contributed by atoms with E-state index in [1.807, 2.05) is 25.1 Å². The molecule has 2 aromatic carbocycles. The molecule has 184 valence electrons. The highest BCUT2D eigenvalue weighted by atomic mass is 32.2. The summed E-state index contributed by atoms with van der Waals surface area (Å²) in [5.41, 5.74) is 7.09. The van der Waals surface area contributed by atoms with Crippen LogP contribution < -0.4 is 0 Å². The van der Waals surface area contributed by atoms with Gasteiger partial charge in [-0.2, -0.15) is 0 Å².